The van der Waals surface area contributed by atoms with Gasteiger partial charge in [-0.05, 0) is 42.5 Å². The predicted octanol–water partition coefficient (Wildman–Crippen LogP) is 3.50. The first-order chi connectivity index (χ1) is 9.29. The lowest BCUT2D eigenvalue weighted by molar-refractivity contribution is 0.288. The number of hydrogen-bond donors (Lipinski definition) is 1. The largest absolute Gasteiger partial charge is 0.489 e. The monoisotopic (exact) mass is 256 g/mol. The minimum absolute atomic E-state index is 0.241. The molecule has 0 aliphatic heterocycles. The summed E-state index contributed by atoms with van der Waals surface area (Å²) in [5.74, 6) is 0.927. The van der Waals surface area contributed by atoms with Gasteiger partial charge in [0.25, 0.3) is 0 Å². The van der Waals surface area contributed by atoms with Crippen molar-refractivity contribution in [3.8, 4) is 5.75 Å². The zero-order chi connectivity index (χ0) is 13.5. The fourth-order valence-corrected chi connectivity index (χ4v) is 2.05. The van der Waals surface area contributed by atoms with E-state index in [0.29, 0.717) is 6.61 Å². The highest BCUT2D eigenvalue weighted by atomic mass is 16.5. The Bertz CT molecular complexity index is 506. The van der Waals surface area contributed by atoms with Crippen LogP contribution in [-0.4, -0.2) is 11.7 Å². The fourth-order valence-electron chi connectivity index (χ4n) is 2.05. The molecule has 0 bridgehead atoms. The van der Waals surface area contributed by atoms with E-state index in [0.717, 1.165) is 24.2 Å². The van der Waals surface area contributed by atoms with Gasteiger partial charge in [-0.3, -0.25) is 0 Å². The first-order valence-electron chi connectivity index (χ1n) is 6.66. The third-order valence-electron chi connectivity index (χ3n) is 3.10. The molecule has 2 aromatic rings. The maximum absolute atomic E-state index is 8.84. The maximum atomic E-state index is 8.84. The smallest absolute Gasteiger partial charge is 0.122 e. The Balaban J connectivity index is 1.97. The van der Waals surface area contributed by atoms with E-state index in [-0.39, 0.29) is 6.61 Å². The highest BCUT2D eigenvalue weighted by Gasteiger charge is 2.02. The highest BCUT2D eigenvalue weighted by Crippen LogP contribution is 2.21. The molecule has 0 heterocycles. The molecule has 0 saturated heterocycles. The molecule has 0 fully saturated rings. The summed E-state index contributed by atoms with van der Waals surface area (Å²) in [5.41, 5.74) is 3.57. The van der Waals surface area contributed by atoms with Gasteiger partial charge in [0.2, 0.25) is 0 Å². The highest BCUT2D eigenvalue weighted by molar-refractivity contribution is 5.36. The van der Waals surface area contributed by atoms with Gasteiger partial charge in [0.05, 0.1) is 0 Å². The summed E-state index contributed by atoms with van der Waals surface area (Å²) in [6.45, 7) is 2.89. The number of hydrogen-bond acceptors (Lipinski definition) is 2. The minimum Gasteiger partial charge on any atom is -0.489 e. The standard InChI is InChI=1S/C17H20O2/c1-14-12-15(8-5-11-18)9-10-17(14)19-13-16-6-3-2-4-7-16/h2-4,6-7,9-10,12,18H,5,8,11,13H2,1H3. The predicted molar refractivity (Wildman–Crippen MR) is 77.4 cm³/mol. The lowest BCUT2D eigenvalue weighted by Gasteiger charge is -2.10. The van der Waals surface area contributed by atoms with Crippen molar-refractivity contribution in [1.29, 1.82) is 0 Å². The zero-order valence-electron chi connectivity index (χ0n) is 11.3. The summed E-state index contributed by atoms with van der Waals surface area (Å²) < 4.78 is 5.83. The van der Waals surface area contributed by atoms with Crippen LogP contribution in [0.2, 0.25) is 0 Å². The molecular weight excluding hydrogens is 236 g/mol. The van der Waals surface area contributed by atoms with Crippen LogP contribution < -0.4 is 4.74 Å². The number of aryl methyl sites for hydroxylation is 2. The minimum atomic E-state index is 0.241. The van der Waals surface area contributed by atoms with E-state index in [1.54, 1.807) is 0 Å². The molecule has 2 heteroatoms. The van der Waals surface area contributed by atoms with Gasteiger partial charge < -0.3 is 9.84 Å². The SMILES string of the molecule is Cc1cc(CCCO)ccc1OCc1ccccc1. The zero-order valence-corrected chi connectivity index (χ0v) is 11.3. The quantitative estimate of drug-likeness (QED) is 0.857. The van der Waals surface area contributed by atoms with E-state index >= 15 is 0 Å². The van der Waals surface area contributed by atoms with Crippen molar-refractivity contribution in [3.05, 3.63) is 65.2 Å². The normalized spacial score (nSPS) is 10.4. The number of aliphatic hydroxyl groups excluding tert-OH is 1. The molecule has 2 rings (SSSR count). The molecule has 0 aromatic heterocycles. The fraction of sp³-hybridized carbons (Fsp3) is 0.294. The Morgan fingerprint density at radius 1 is 1.00 bits per heavy atom. The van der Waals surface area contributed by atoms with Gasteiger partial charge in [-0.1, -0.05) is 42.5 Å². The molecule has 19 heavy (non-hydrogen) atoms. The van der Waals surface area contributed by atoms with Crippen molar-refractivity contribution in [3.63, 3.8) is 0 Å². The summed E-state index contributed by atoms with van der Waals surface area (Å²) in [6, 6.07) is 16.4. The van der Waals surface area contributed by atoms with Gasteiger partial charge in [0.1, 0.15) is 12.4 Å². The molecule has 0 radical (unpaired) electrons. The van der Waals surface area contributed by atoms with Gasteiger partial charge in [-0.2, -0.15) is 0 Å². The van der Waals surface area contributed by atoms with Crippen LogP contribution in [0.3, 0.4) is 0 Å². The van der Waals surface area contributed by atoms with Crippen LogP contribution in [0.15, 0.2) is 48.5 Å². The molecular formula is C17H20O2. The van der Waals surface area contributed by atoms with Crippen molar-refractivity contribution >= 4 is 0 Å². The van der Waals surface area contributed by atoms with Crippen LogP contribution in [0.4, 0.5) is 0 Å². The van der Waals surface area contributed by atoms with Crippen molar-refractivity contribution in [2.45, 2.75) is 26.4 Å². The Labute approximate surface area is 114 Å². The van der Waals surface area contributed by atoms with E-state index < -0.39 is 0 Å². The second-order valence-electron chi connectivity index (χ2n) is 4.70. The van der Waals surface area contributed by atoms with E-state index in [9.17, 15) is 0 Å². The topological polar surface area (TPSA) is 29.5 Å². The second kappa shape index (κ2) is 6.95. The Hall–Kier alpha value is -1.80. The molecule has 1 N–H and O–H groups in total. The van der Waals surface area contributed by atoms with Crippen LogP contribution in [0, 0.1) is 6.92 Å². The molecule has 0 aliphatic carbocycles. The number of rotatable bonds is 6. The molecule has 0 atom stereocenters. The third-order valence-corrected chi connectivity index (χ3v) is 3.10. The lowest BCUT2D eigenvalue weighted by atomic mass is 10.1. The molecule has 100 valence electrons. The van der Waals surface area contributed by atoms with E-state index in [2.05, 4.69) is 31.2 Å². The molecule has 2 aromatic carbocycles. The summed E-state index contributed by atoms with van der Waals surface area (Å²) >= 11 is 0. The number of aliphatic hydroxyl groups is 1. The average Bonchev–Trinajstić information content (AvgIpc) is 2.45. The van der Waals surface area contributed by atoms with E-state index in [1.165, 1.54) is 11.1 Å². The van der Waals surface area contributed by atoms with Gasteiger partial charge in [0.15, 0.2) is 0 Å². The Morgan fingerprint density at radius 2 is 1.79 bits per heavy atom. The molecule has 2 nitrogen and oxygen atoms in total. The van der Waals surface area contributed by atoms with Crippen LogP contribution in [0.1, 0.15) is 23.1 Å². The molecule has 0 amide bonds. The lowest BCUT2D eigenvalue weighted by Crippen LogP contribution is -1.98. The Morgan fingerprint density at radius 3 is 2.47 bits per heavy atom. The van der Waals surface area contributed by atoms with Crippen molar-refractivity contribution in [1.82, 2.24) is 0 Å². The van der Waals surface area contributed by atoms with Gasteiger partial charge in [-0.15, -0.1) is 0 Å². The summed E-state index contributed by atoms with van der Waals surface area (Å²) in [7, 11) is 0. The number of ether oxygens (including phenoxy) is 1. The molecule has 0 aliphatic rings. The molecule has 0 unspecified atom stereocenters. The maximum Gasteiger partial charge on any atom is 0.122 e. The Kier molecular flexibility index (Phi) is 4.99. The first kappa shape index (κ1) is 13.6. The van der Waals surface area contributed by atoms with Crippen molar-refractivity contribution in [2.75, 3.05) is 6.61 Å². The van der Waals surface area contributed by atoms with Crippen LogP contribution in [0.5, 0.6) is 5.75 Å². The van der Waals surface area contributed by atoms with Crippen LogP contribution in [-0.2, 0) is 13.0 Å². The summed E-state index contributed by atoms with van der Waals surface area (Å²) in [4.78, 5) is 0. The van der Waals surface area contributed by atoms with Crippen LogP contribution >= 0.6 is 0 Å². The van der Waals surface area contributed by atoms with E-state index in [4.69, 9.17) is 9.84 Å². The van der Waals surface area contributed by atoms with E-state index in [1.807, 2.05) is 24.3 Å². The molecule has 0 saturated carbocycles. The summed E-state index contributed by atoms with van der Waals surface area (Å²) in [5, 5.41) is 8.84. The average molecular weight is 256 g/mol. The third kappa shape index (κ3) is 4.11. The number of benzene rings is 2. The van der Waals surface area contributed by atoms with Crippen molar-refractivity contribution in [2.24, 2.45) is 0 Å². The summed E-state index contributed by atoms with van der Waals surface area (Å²) in [6.07, 6.45) is 1.72. The van der Waals surface area contributed by atoms with Gasteiger partial charge >= 0.3 is 0 Å². The molecule has 0 spiro atoms. The first-order valence-corrected chi connectivity index (χ1v) is 6.66. The van der Waals surface area contributed by atoms with Crippen molar-refractivity contribution < 1.29 is 9.84 Å². The second-order valence-corrected chi connectivity index (χ2v) is 4.70. The van der Waals surface area contributed by atoms with Gasteiger partial charge in [0, 0.05) is 6.61 Å². The van der Waals surface area contributed by atoms with Crippen LogP contribution in [0.25, 0.3) is 0 Å². The van der Waals surface area contributed by atoms with Gasteiger partial charge in [-0.25, -0.2) is 0 Å².